The van der Waals surface area contributed by atoms with Crippen LogP contribution in [0.2, 0.25) is 0 Å². The van der Waals surface area contributed by atoms with E-state index in [2.05, 4.69) is 39.4 Å². The van der Waals surface area contributed by atoms with Gasteiger partial charge < -0.3 is 15.4 Å². The van der Waals surface area contributed by atoms with Gasteiger partial charge in [-0.05, 0) is 31.9 Å². The van der Waals surface area contributed by atoms with Crippen molar-refractivity contribution in [1.29, 1.82) is 0 Å². The summed E-state index contributed by atoms with van der Waals surface area (Å²) in [6, 6.07) is 4.26. The van der Waals surface area contributed by atoms with Crippen LogP contribution in [-0.2, 0) is 16.1 Å². The van der Waals surface area contributed by atoms with Gasteiger partial charge in [0.1, 0.15) is 0 Å². The van der Waals surface area contributed by atoms with Crippen molar-refractivity contribution >= 4 is 23.3 Å². The van der Waals surface area contributed by atoms with Gasteiger partial charge in [-0.2, -0.15) is 0 Å². The van der Waals surface area contributed by atoms with E-state index in [0.717, 1.165) is 38.3 Å². The molecule has 0 spiro atoms. The highest BCUT2D eigenvalue weighted by Crippen LogP contribution is 2.14. The first-order valence-electron chi connectivity index (χ1n) is 7.22. The van der Waals surface area contributed by atoms with Crippen LogP contribution in [0, 0.1) is 6.92 Å². The lowest BCUT2D eigenvalue weighted by Crippen LogP contribution is -2.37. The summed E-state index contributed by atoms with van der Waals surface area (Å²) in [4.78, 5) is 17.8. The summed E-state index contributed by atoms with van der Waals surface area (Å²) < 4.78 is 4.61. The fraction of sp³-hybridized carbons (Fsp3) is 0.600. The normalized spacial score (nSPS) is 11.3. The Morgan fingerprint density at radius 3 is 2.71 bits per heavy atom. The van der Waals surface area contributed by atoms with E-state index < -0.39 is 0 Å². The molecule has 1 rings (SSSR count). The second-order valence-corrected chi connectivity index (χ2v) is 6.12. The highest BCUT2D eigenvalue weighted by molar-refractivity contribution is 7.11. The number of aliphatic imine (C=N–C) groups is 1. The zero-order valence-electron chi connectivity index (χ0n) is 13.1. The van der Waals surface area contributed by atoms with Gasteiger partial charge in [-0.15, -0.1) is 11.3 Å². The average Bonchev–Trinajstić information content (AvgIpc) is 2.91. The number of unbranched alkanes of at least 4 members (excludes halogenated alkanes) is 2. The number of thiophene rings is 1. The van der Waals surface area contributed by atoms with Gasteiger partial charge in [-0.1, -0.05) is 6.42 Å². The van der Waals surface area contributed by atoms with Crippen molar-refractivity contribution in [1.82, 2.24) is 10.6 Å². The van der Waals surface area contributed by atoms with Crippen molar-refractivity contribution in [3.05, 3.63) is 21.9 Å². The Hall–Kier alpha value is -1.56. The van der Waals surface area contributed by atoms with E-state index in [1.54, 1.807) is 18.4 Å². The van der Waals surface area contributed by atoms with E-state index in [9.17, 15) is 4.79 Å². The molecule has 6 heteroatoms. The quantitative estimate of drug-likeness (QED) is 0.335. The van der Waals surface area contributed by atoms with E-state index in [4.69, 9.17) is 0 Å². The van der Waals surface area contributed by atoms with Crippen LogP contribution in [0.15, 0.2) is 17.1 Å². The summed E-state index contributed by atoms with van der Waals surface area (Å²) in [6.45, 7) is 3.75. The van der Waals surface area contributed by atoms with Crippen molar-refractivity contribution in [2.45, 2.75) is 39.2 Å². The monoisotopic (exact) mass is 311 g/mol. The van der Waals surface area contributed by atoms with Crippen LogP contribution in [0.25, 0.3) is 0 Å². The second-order valence-electron chi connectivity index (χ2n) is 4.75. The molecule has 0 aliphatic heterocycles. The molecule has 0 saturated carbocycles. The molecule has 0 atom stereocenters. The van der Waals surface area contributed by atoms with Gasteiger partial charge in [-0.3, -0.25) is 9.79 Å². The molecule has 0 saturated heterocycles. The number of hydrogen-bond donors (Lipinski definition) is 2. The molecule has 5 nitrogen and oxygen atoms in total. The lowest BCUT2D eigenvalue weighted by atomic mass is 10.2. The summed E-state index contributed by atoms with van der Waals surface area (Å²) >= 11 is 1.79. The first kappa shape index (κ1) is 17.5. The number of nitrogens with zero attached hydrogens (tertiary/aromatic N) is 1. The zero-order valence-corrected chi connectivity index (χ0v) is 13.9. The van der Waals surface area contributed by atoms with Gasteiger partial charge in [-0.25, -0.2) is 0 Å². The smallest absolute Gasteiger partial charge is 0.305 e. The zero-order chi connectivity index (χ0) is 15.5. The molecule has 0 amide bonds. The first-order chi connectivity index (χ1) is 10.2. The summed E-state index contributed by atoms with van der Waals surface area (Å²) in [6.07, 6.45) is 3.38. The molecule has 118 valence electrons. The molecule has 21 heavy (non-hydrogen) atoms. The number of esters is 1. The Labute approximate surface area is 130 Å². The van der Waals surface area contributed by atoms with E-state index in [0.29, 0.717) is 6.42 Å². The van der Waals surface area contributed by atoms with Gasteiger partial charge in [0, 0.05) is 29.8 Å². The van der Waals surface area contributed by atoms with Gasteiger partial charge in [0.05, 0.1) is 13.7 Å². The van der Waals surface area contributed by atoms with Crippen LogP contribution in [0.4, 0.5) is 0 Å². The highest BCUT2D eigenvalue weighted by atomic mass is 32.1. The maximum absolute atomic E-state index is 11.0. The SMILES string of the molecule is CN=C(NCCCCCC(=O)OC)NCc1ccc(C)s1. The van der Waals surface area contributed by atoms with Crippen LogP contribution >= 0.6 is 11.3 Å². The topological polar surface area (TPSA) is 62.7 Å². The van der Waals surface area contributed by atoms with Crippen LogP contribution in [0.3, 0.4) is 0 Å². The predicted molar refractivity (Wildman–Crippen MR) is 87.7 cm³/mol. The number of aryl methyl sites for hydroxylation is 1. The molecule has 0 bridgehead atoms. The number of methoxy groups -OCH3 is 1. The number of rotatable bonds is 8. The molecule has 0 radical (unpaired) electrons. The molecule has 1 heterocycles. The molecule has 0 aliphatic carbocycles. The molecule has 0 fully saturated rings. The Balaban J connectivity index is 2.10. The Morgan fingerprint density at radius 2 is 2.10 bits per heavy atom. The Kier molecular flexibility index (Phi) is 8.50. The number of hydrogen-bond acceptors (Lipinski definition) is 4. The average molecular weight is 311 g/mol. The van der Waals surface area contributed by atoms with Gasteiger partial charge in [0.25, 0.3) is 0 Å². The van der Waals surface area contributed by atoms with Crippen molar-refractivity contribution in [2.24, 2.45) is 4.99 Å². The molecule has 1 aromatic rings. The molecular weight excluding hydrogens is 286 g/mol. The Morgan fingerprint density at radius 1 is 1.29 bits per heavy atom. The molecular formula is C15H25N3O2S. The van der Waals surface area contributed by atoms with Crippen LogP contribution in [-0.4, -0.2) is 32.6 Å². The number of guanidine groups is 1. The van der Waals surface area contributed by atoms with Gasteiger partial charge in [0.15, 0.2) is 5.96 Å². The maximum Gasteiger partial charge on any atom is 0.305 e. The van der Waals surface area contributed by atoms with Crippen molar-refractivity contribution in [2.75, 3.05) is 20.7 Å². The van der Waals surface area contributed by atoms with E-state index in [1.807, 2.05) is 0 Å². The van der Waals surface area contributed by atoms with Crippen LogP contribution in [0.1, 0.15) is 35.4 Å². The molecule has 0 aliphatic rings. The molecule has 1 aromatic heterocycles. The number of carbonyl (C=O) groups excluding carboxylic acids is 1. The number of ether oxygens (including phenoxy) is 1. The van der Waals surface area contributed by atoms with E-state index >= 15 is 0 Å². The lowest BCUT2D eigenvalue weighted by Gasteiger charge is -2.11. The summed E-state index contributed by atoms with van der Waals surface area (Å²) in [5.74, 6) is 0.681. The number of nitrogens with one attached hydrogen (secondary N) is 2. The summed E-state index contributed by atoms with van der Waals surface area (Å²) in [5, 5.41) is 6.57. The molecule has 0 aromatic carbocycles. The fourth-order valence-corrected chi connectivity index (χ4v) is 2.68. The summed E-state index contributed by atoms with van der Waals surface area (Å²) in [5.41, 5.74) is 0. The standard InChI is InChI=1S/C15H25N3O2S/c1-12-8-9-13(21-12)11-18-15(16-2)17-10-6-4-5-7-14(19)20-3/h8-9H,4-7,10-11H2,1-3H3,(H2,16,17,18). The van der Waals surface area contributed by atoms with Crippen LogP contribution < -0.4 is 10.6 Å². The molecule has 0 unspecified atom stereocenters. The maximum atomic E-state index is 11.0. The van der Waals surface area contributed by atoms with Crippen molar-refractivity contribution in [3.8, 4) is 0 Å². The van der Waals surface area contributed by atoms with Gasteiger partial charge >= 0.3 is 5.97 Å². The van der Waals surface area contributed by atoms with Crippen LogP contribution in [0.5, 0.6) is 0 Å². The van der Waals surface area contributed by atoms with E-state index in [1.165, 1.54) is 16.9 Å². The van der Waals surface area contributed by atoms with Gasteiger partial charge in [0.2, 0.25) is 0 Å². The summed E-state index contributed by atoms with van der Waals surface area (Å²) in [7, 11) is 3.20. The molecule has 2 N–H and O–H groups in total. The third-order valence-corrected chi connectivity index (χ3v) is 4.03. The minimum absolute atomic E-state index is 0.133. The fourth-order valence-electron chi connectivity index (χ4n) is 1.85. The largest absolute Gasteiger partial charge is 0.469 e. The number of carbonyl (C=O) groups is 1. The highest BCUT2D eigenvalue weighted by Gasteiger charge is 2.01. The van der Waals surface area contributed by atoms with E-state index in [-0.39, 0.29) is 5.97 Å². The Bertz CT molecular complexity index is 458. The van der Waals surface area contributed by atoms with Crippen molar-refractivity contribution < 1.29 is 9.53 Å². The minimum atomic E-state index is -0.133. The second kappa shape index (κ2) is 10.2. The van der Waals surface area contributed by atoms with Crippen molar-refractivity contribution in [3.63, 3.8) is 0 Å². The lowest BCUT2D eigenvalue weighted by molar-refractivity contribution is -0.140. The third-order valence-electron chi connectivity index (χ3n) is 3.03. The first-order valence-corrected chi connectivity index (χ1v) is 8.04. The third kappa shape index (κ3) is 7.70. The predicted octanol–water partition coefficient (Wildman–Crippen LogP) is 2.45. The minimum Gasteiger partial charge on any atom is -0.469 e.